The van der Waals surface area contributed by atoms with E-state index in [0.717, 1.165) is 25.9 Å². The quantitative estimate of drug-likeness (QED) is 0.774. The first-order valence-electron chi connectivity index (χ1n) is 5.89. The zero-order valence-corrected chi connectivity index (χ0v) is 10.0. The van der Waals surface area contributed by atoms with Crippen LogP contribution in [0.5, 0.6) is 0 Å². The Labute approximate surface area is 100 Å². The summed E-state index contributed by atoms with van der Waals surface area (Å²) in [5, 5.41) is 8.62. The van der Waals surface area contributed by atoms with Crippen molar-refractivity contribution in [3.8, 4) is 0 Å². The molecule has 0 saturated carbocycles. The fourth-order valence-electron chi connectivity index (χ4n) is 2.63. The number of likely N-dealkylation sites (N-methyl/N-ethyl adjacent to an activating group) is 1. The second-order valence-electron chi connectivity index (χ2n) is 4.96. The van der Waals surface area contributed by atoms with Crippen LogP contribution in [0, 0.1) is 0 Å². The van der Waals surface area contributed by atoms with Gasteiger partial charge in [-0.2, -0.15) is 0 Å². The maximum absolute atomic E-state index is 11.7. The molecule has 1 N–H and O–H groups in total. The van der Waals surface area contributed by atoms with Crippen molar-refractivity contribution in [2.45, 2.75) is 24.9 Å². The number of hydrogen-bond acceptors (Lipinski definition) is 4. The molecular weight excluding hydrogens is 224 g/mol. The number of carbonyl (C=O) groups excluding carboxylic acids is 1. The highest BCUT2D eigenvalue weighted by Crippen LogP contribution is 2.31. The highest BCUT2D eigenvalue weighted by atomic mass is 16.6. The average molecular weight is 242 g/mol. The normalized spacial score (nSPS) is 29.7. The molecule has 0 aromatic heterocycles. The minimum atomic E-state index is -0.889. The highest BCUT2D eigenvalue weighted by molar-refractivity contribution is 5.72. The van der Waals surface area contributed by atoms with Gasteiger partial charge in [0.05, 0.1) is 13.0 Å². The second-order valence-corrected chi connectivity index (χ2v) is 4.96. The molecule has 2 rings (SSSR count). The lowest BCUT2D eigenvalue weighted by Crippen LogP contribution is -2.49. The van der Waals surface area contributed by atoms with Gasteiger partial charge in [-0.05, 0) is 26.4 Å². The van der Waals surface area contributed by atoms with Gasteiger partial charge in [-0.25, -0.2) is 4.79 Å². The van der Waals surface area contributed by atoms with Crippen molar-refractivity contribution in [3.63, 3.8) is 0 Å². The molecule has 0 aliphatic carbocycles. The predicted octanol–water partition coefficient (Wildman–Crippen LogP) is 0.378. The summed E-state index contributed by atoms with van der Waals surface area (Å²) in [6.45, 7) is 2.51. The van der Waals surface area contributed by atoms with Crippen molar-refractivity contribution < 1.29 is 19.4 Å². The number of carboxylic acid groups (broad SMARTS) is 1. The summed E-state index contributed by atoms with van der Waals surface area (Å²) in [5.41, 5.74) is -0.414. The molecule has 2 aliphatic heterocycles. The summed E-state index contributed by atoms with van der Waals surface area (Å²) in [5.74, 6) is -0.889. The zero-order valence-electron chi connectivity index (χ0n) is 10.0. The molecule has 1 amide bonds. The summed E-state index contributed by atoms with van der Waals surface area (Å²) < 4.78 is 5.46. The van der Waals surface area contributed by atoms with E-state index in [2.05, 4.69) is 4.90 Å². The van der Waals surface area contributed by atoms with Crippen LogP contribution in [0.2, 0.25) is 0 Å². The van der Waals surface area contributed by atoms with Gasteiger partial charge in [-0.1, -0.05) is 0 Å². The summed E-state index contributed by atoms with van der Waals surface area (Å²) in [6, 6.07) is 0. The molecule has 0 radical (unpaired) electrons. The molecule has 0 aromatic rings. The molecule has 6 nitrogen and oxygen atoms in total. The summed E-state index contributed by atoms with van der Waals surface area (Å²) in [4.78, 5) is 25.8. The smallest absolute Gasteiger partial charge is 0.410 e. The van der Waals surface area contributed by atoms with E-state index in [1.165, 1.54) is 4.90 Å². The van der Waals surface area contributed by atoms with Crippen molar-refractivity contribution in [2.24, 2.45) is 0 Å². The second kappa shape index (κ2) is 4.52. The SMILES string of the molecule is CN1CCCC2(C1)CN(CCC(=O)O)C(=O)O2. The standard InChI is InChI=1S/C11H18N2O4/c1-12-5-2-4-11(7-12)8-13(10(16)17-11)6-3-9(14)15/h2-8H2,1H3,(H,14,15). The molecule has 2 aliphatic rings. The largest absolute Gasteiger partial charge is 0.481 e. The first kappa shape index (κ1) is 12.2. The lowest BCUT2D eigenvalue weighted by atomic mass is 9.93. The van der Waals surface area contributed by atoms with Crippen LogP contribution in [0.3, 0.4) is 0 Å². The zero-order chi connectivity index (χ0) is 12.5. The predicted molar refractivity (Wildman–Crippen MR) is 59.8 cm³/mol. The molecule has 0 bridgehead atoms. The molecule has 6 heteroatoms. The number of piperidine rings is 1. The third kappa shape index (κ3) is 2.69. The van der Waals surface area contributed by atoms with E-state index >= 15 is 0 Å². The van der Waals surface area contributed by atoms with Gasteiger partial charge in [-0.15, -0.1) is 0 Å². The molecule has 1 unspecified atom stereocenters. The first-order valence-corrected chi connectivity index (χ1v) is 5.89. The number of carboxylic acids is 1. The summed E-state index contributed by atoms with van der Waals surface area (Å²) in [6.07, 6.45) is 1.48. The lowest BCUT2D eigenvalue weighted by molar-refractivity contribution is -0.137. The Morgan fingerprint density at radius 3 is 2.94 bits per heavy atom. The van der Waals surface area contributed by atoms with Crippen molar-refractivity contribution in [3.05, 3.63) is 0 Å². The monoisotopic (exact) mass is 242 g/mol. The van der Waals surface area contributed by atoms with Gasteiger partial charge in [0.2, 0.25) is 0 Å². The van der Waals surface area contributed by atoms with Gasteiger partial charge in [0.25, 0.3) is 0 Å². The minimum Gasteiger partial charge on any atom is -0.481 e. The molecule has 1 atom stereocenters. The van der Waals surface area contributed by atoms with Gasteiger partial charge in [0.15, 0.2) is 0 Å². The fourth-order valence-corrected chi connectivity index (χ4v) is 2.63. The number of amides is 1. The van der Waals surface area contributed by atoms with E-state index in [-0.39, 0.29) is 19.1 Å². The van der Waals surface area contributed by atoms with Crippen LogP contribution >= 0.6 is 0 Å². The van der Waals surface area contributed by atoms with Crippen molar-refractivity contribution >= 4 is 12.1 Å². The molecule has 0 aromatic carbocycles. The Hall–Kier alpha value is -1.30. The van der Waals surface area contributed by atoms with Gasteiger partial charge in [-0.3, -0.25) is 4.79 Å². The lowest BCUT2D eigenvalue weighted by Gasteiger charge is -2.36. The maximum Gasteiger partial charge on any atom is 0.410 e. The Balaban J connectivity index is 1.95. The van der Waals surface area contributed by atoms with Crippen LogP contribution in [-0.4, -0.2) is 65.8 Å². The Morgan fingerprint density at radius 2 is 2.29 bits per heavy atom. The Morgan fingerprint density at radius 1 is 1.53 bits per heavy atom. The minimum absolute atomic E-state index is 0.0268. The van der Waals surface area contributed by atoms with Gasteiger partial charge >= 0.3 is 12.1 Å². The molecule has 2 heterocycles. The molecule has 2 saturated heterocycles. The van der Waals surface area contributed by atoms with Crippen LogP contribution in [0.1, 0.15) is 19.3 Å². The van der Waals surface area contributed by atoms with Gasteiger partial charge < -0.3 is 19.6 Å². The van der Waals surface area contributed by atoms with E-state index in [4.69, 9.17) is 9.84 Å². The molecule has 1 spiro atoms. The van der Waals surface area contributed by atoms with Crippen molar-refractivity contribution in [2.75, 3.05) is 33.2 Å². The third-order valence-corrected chi connectivity index (χ3v) is 3.37. The van der Waals surface area contributed by atoms with Gasteiger partial charge in [0.1, 0.15) is 5.60 Å². The first-order chi connectivity index (χ1) is 8.01. The number of hydrogen-bond donors (Lipinski definition) is 1. The topological polar surface area (TPSA) is 70.1 Å². The third-order valence-electron chi connectivity index (χ3n) is 3.37. The fraction of sp³-hybridized carbons (Fsp3) is 0.818. The molecular formula is C11H18N2O4. The summed E-state index contributed by atoms with van der Waals surface area (Å²) >= 11 is 0. The van der Waals surface area contributed by atoms with Crippen LogP contribution in [0.15, 0.2) is 0 Å². The van der Waals surface area contributed by atoms with Crippen molar-refractivity contribution in [1.82, 2.24) is 9.80 Å². The maximum atomic E-state index is 11.7. The van der Waals surface area contributed by atoms with Crippen LogP contribution in [0.25, 0.3) is 0 Å². The molecule has 2 fully saturated rings. The van der Waals surface area contributed by atoms with E-state index in [1.54, 1.807) is 0 Å². The molecule has 96 valence electrons. The van der Waals surface area contributed by atoms with Crippen LogP contribution < -0.4 is 0 Å². The van der Waals surface area contributed by atoms with E-state index in [9.17, 15) is 9.59 Å². The van der Waals surface area contributed by atoms with E-state index in [0.29, 0.717) is 6.54 Å². The van der Waals surface area contributed by atoms with Crippen molar-refractivity contribution in [1.29, 1.82) is 0 Å². The van der Waals surface area contributed by atoms with E-state index < -0.39 is 11.6 Å². The number of rotatable bonds is 3. The van der Waals surface area contributed by atoms with E-state index in [1.807, 2.05) is 7.05 Å². The van der Waals surface area contributed by atoms with Crippen LogP contribution in [0.4, 0.5) is 4.79 Å². The average Bonchev–Trinajstić information content (AvgIpc) is 2.51. The summed E-state index contributed by atoms with van der Waals surface area (Å²) in [7, 11) is 2.01. The highest BCUT2D eigenvalue weighted by Gasteiger charge is 2.46. The number of likely N-dealkylation sites (tertiary alicyclic amines) is 1. The Kier molecular flexibility index (Phi) is 3.24. The molecule has 17 heavy (non-hydrogen) atoms. The number of carbonyl (C=O) groups is 2. The number of nitrogens with zero attached hydrogens (tertiary/aromatic N) is 2. The number of aliphatic carboxylic acids is 1. The number of ether oxygens (including phenoxy) is 1. The Bertz CT molecular complexity index is 333. The van der Waals surface area contributed by atoms with Gasteiger partial charge in [0, 0.05) is 13.1 Å². The van der Waals surface area contributed by atoms with Crippen LogP contribution in [-0.2, 0) is 9.53 Å².